The largest absolute Gasteiger partial charge is 0.391 e. The molecule has 0 aromatic heterocycles. The number of likely N-dealkylation sites (N-methyl/N-ethyl adjacent to an activating group) is 1. The molecule has 2 amide bonds. The van der Waals surface area contributed by atoms with E-state index >= 15 is 0 Å². The molecule has 1 fully saturated rings. The monoisotopic (exact) mass is 200 g/mol. The van der Waals surface area contributed by atoms with Crippen molar-refractivity contribution in [2.24, 2.45) is 0 Å². The number of hydrogen-bond acceptors (Lipinski definition) is 3. The summed E-state index contributed by atoms with van der Waals surface area (Å²) in [4.78, 5) is 25.3. The number of rotatable bonds is 2. The normalized spacial score (nSPS) is 21.1. The predicted molar refractivity (Wildman–Crippen MR) is 50.5 cm³/mol. The molecule has 5 nitrogen and oxygen atoms in total. The summed E-state index contributed by atoms with van der Waals surface area (Å²) in [5.41, 5.74) is 0. The van der Waals surface area contributed by atoms with Gasteiger partial charge in [0.2, 0.25) is 11.8 Å². The van der Waals surface area contributed by atoms with E-state index < -0.39 is 6.10 Å². The van der Waals surface area contributed by atoms with Crippen LogP contribution < -0.4 is 0 Å². The molecule has 0 aliphatic carbocycles. The minimum atomic E-state index is -0.401. The average molecular weight is 200 g/mol. The van der Waals surface area contributed by atoms with Crippen LogP contribution in [0.2, 0.25) is 0 Å². The van der Waals surface area contributed by atoms with E-state index in [0.717, 1.165) is 0 Å². The molecular weight excluding hydrogens is 184 g/mol. The Labute approximate surface area is 83.3 Å². The van der Waals surface area contributed by atoms with Crippen molar-refractivity contribution in [2.75, 3.05) is 26.7 Å². The number of nitrogens with zero attached hydrogens (tertiary/aromatic N) is 2. The van der Waals surface area contributed by atoms with E-state index in [1.54, 1.807) is 11.9 Å². The van der Waals surface area contributed by atoms with Crippen molar-refractivity contribution < 1.29 is 14.7 Å². The maximum atomic E-state index is 11.5. The topological polar surface area (TPSA) is 60.9 Å². The van der Waals surface area contributed by atoms with Crippen molar-refractivity contribution in [1.29, 1.82) is 0 Å². The molecule has 5 heteroatoms. The summed E-state index contributed by atoms with van der Waals surface area (Å²) in [6, 6.07) is 0. The lowest BCUT2D eigenvalue weighted by Crippen LogP contribution is -2.39. The van der Waals surface area contributed by atoms with Crippen LogP contribution in [0.15, 0.2) is 0 Å². The summed E-state index contributed by atoms with van der Waals surface area (Å²) in [5, 5.41) is 9.22. The van der Waals surface area contributed by atoms with Gasteiger partial charge in [0.05, 0.1) is 12.6 Å². The average Bonchev–Trinajstić information content (AvgIpc) is 2.51. The molecule has 0 radical (unpaired) electrons. The van der Waals surface area contributed by atoms with Crippen LogP contribution in [0.4, 0.5) is 0 Å². The van der Waals surface area contributed by atoms with E-state index in [9.17, 15) is 14.7 Å². The first-order chi connectivity index (χ1) is 6.50. The Balaban J connectivity index is 2.39. The quantitative estimate of drug-likeness (QED) is 0.625. The van der Waals surface area contributed by atoms with E-state index in [2.05, 4.69) is 0 Å². The standard InChI is InChI=1S/C9H16N2O3/c1-7(12)10(2)6-9(14)11-4-3-8(13)5-11/h8,13H,3-6H2,1-2H3. The van der Waals surface area contributed by atoms with Crippen molar-refractivity contribution in [3.05, 3.63) is 0 Å². The molecule has 1 rings (SSSR count). The zero-order chi connectivity index (χ0) is 10.7. The predicted octanol–water partition coefficient (Wildman–Crippen LogP) is -0.942. The minimum absolute atomic E-state index is 0.0979. The van der Waals surface area contributed by atoms with Gasteiger partial charge in [-0.15, -0.1) is 0 Å². The van der Waals surface area contributed by atoms with Gasteiger partial charge in [-0.05, 0) is 6.42 Å². The fraction of sp³-hybridized carbons (Fsp3) is 0.778. The van der Waals surface area contributed by atoms with Gasteiger partial charge < -0.3 is 14.9 Å². The van der Waals surface area contributed by atoms with Gasteiger partial charge in [0.15, 0.2) is 0 Å². The molecule has 1 atom stereocenters. The van der Waals surface area contributed by atoms with E-state index in [1.807, 2.05) is 0 Å². The Morgan fingerprint density at radius 2 is 2.21 bits per heavy atom. The first-order valence-corrected chi connectivity index (χ1v) is 4.68. The number of likely N-dealkylation sites (tertiary alicyclic amines) is 1. The molecule has 0 aromatic carbocycles. The molecule has 80 valence electrons. The molecule has 1 N–H and O–H groups in total. The molecule has 0 saturated carbocycles. The third-order valence-corrected chi connectivity index (χ3v) is 2.43. The van der Waals surface area contributed by atoms with Crippen LogP contribution in [0.25, 0.3) is 0 Å². The van der Waals surface area contributed by atoms with Crippen molar-refractivity contribution in [3.8, 4) is 0 Å². The minimum Gasteiger partial charge on any atom is -0.391 e. The molecule has 1 aliphatic heterocycles. The lowest BCUT2D eigenvalue weighted by Gasteiger charge is -2.20. The Morgan fingerprint density at radius 1 is 1.57 bits per heavy atom. The van der Waals surface area contributed by atoms with Crippen LogP contribution in [-0.4, -0.2) is 59.5 Å². The SMILES string of the molecule is CC(=O)N(C)CC(=O)N1CCC(O)C1. The first-order valence-electron chi connectivity index (χ1n) is 4.68. The highest BCUT2D eigenvalue weighted by atomic mass is 16.3. The summed E-state index contributed by atoms with van der Waals surface area (Å²) >= 11 is 0. The molecule has 0 aromatic rings. The summed E-state index contributed by atoms with van der Waals surface area (Å²) in [5.74, 6) is -0.225. The molecule has 1 heterocycles. The summed E-state index contributed by atoms with van der Waals surface area (Å²) in [6.45, 7) is 2.50. The second-order valence-corrected chi connectivity index (χ2v) is 3.66. The fourth-order valence-corrected chi connectivity index (χ4v) is 1.38. The highest BCUT2D eigenvalue weighted by Crippen LogP contribution is 2.08. The third kappa shape index (κ3) is 2.70. The Kier molecular flexibility index (Phi) is 3.46. The lowest BCUT2D eigenvalue weighted by molar-refractivity contribution is -0.137. The highest BCUT2D eigenvalue weighted by molar-refractivity contribution is 5.83. The van der Waals surface area contributed by atoms with Gasteiger partial charge in [-0.1, -0.05) is 0 Å². The summed E-state index contributed by atoms with van der Waals surface area (Å²) in [6.07, 6.45) is 0.233. The smallest absolute Gasteiger partial charge is 0.242 e. The number of carbonyl (C=O) groups is 2. The molecule has 1 saturated heterocycles. The number of aliphatic hydroxyl groups excluding tert-OH is 1. The lowest BCUT2D eigenvalue weighted by atomic mass is 10.3. The molecular formula is C9H16N2O3. The molecule has 0 bridgehead atoms. The van der Waals surface area contributed by atoms with E-state index in [-0.39, 0.29) is 18.4 Å². The van der Waals surface area contributed by atoms with Gasteiger partial charge >= 0.3 is 0 Å². The Hall–Kier alpha value is -1.10. The van der Waals surface area contributed by atoms with Crippen LogP contribution in [0.5, 0.6) is 0 Å². The fourth-order valence-electron chi connectivity index (χ4n) is 1.38. The maximum absolute atomic E-state index is 11.5. The molecule has 1 unspecified atom stereocenters. The number of hydrogen-bond donors (Lipinski definition) is 1. The van der Waals surface area contributed by atoms with Gasteiger partial charge in [0.25, 0.3) is 0 Å². The zero-order valence-electron chi connectivity index (χ0n) is 8.56. The van der Waals surface area contributed by atoms with Crippen LogP contribution in [0.3, 0.4) is 0 Å². The maximum Gasteiger partial charge on any atom is 0.242 e. The summed E-state index contributed by atoms with van der Waals surface area (Å²) < 4.78 is 0. The van der Waals surface area contributed by atoms with Crippen molar-refractivity contribution in [1.82, 2.24) is 9.80 Å². The van der Waals surface area contributed by atoms with E-state index in [1.165, 1.54) is 11.8 Å². The van der Waals surface area contributed by atoms with Gasteiger partial charge in [-0.25, -0.2) is 0 Å². The van der Waals surface area contributed by atoms with Crippen LogP contribution in [0, 0.1) is 0 Å². The highest BCUT2D eigenvalue weighted by Gasteiger charge is 2.25. The number of β-amino-alcohol motifs (C(OH)–C–C–N with tert-alkyl or cyclic N) is 1. The van der Waals surface area contributed by atoms with Crippen molar-refractivity contribution in [2.45, 2.75) is 19.4 Å². The van der Waals surface area contributed by atoms with Crippen molar-refractivity contribution >= 4 is 11.8 Å². The molecule has 14 heavy (non-hydrogen) atoms. The molecule has 0 spiro atoms. The van der Waals surface area contributed by atoms with Gasteiger partial charge in [0, 0.05) is 27.1 Å². The first kappa shape index (κ1) is 11.0. The van der Waals surface area contributed by atoms with Gasteiger partial charge in [-0.2, -0.15) is 0 Å². The molecule has 1 aliphatic rings. The van der Waals surface area contributed by atoms with Crippen molar-refractivity contribution in [3.63, 3.8) is 0 Å². The second-order valence-electron chi connectivity index (χ2n) is 3.66. The Morgan fingerprint density at radius 3 is 2.64 bits per heavy atom. The van der Waals surface area contributed by atoms with Gasteiger partial charge in [0.1, 0.15) is 0 Å². The second kappa shape index (κ2) is 4.41. The van der Waals surface area contributed by atoms with Crippen LogP contribution >= 0.6 is 0 Å². The number of aliphatic hydroxyl groups is 1. The summed E-state index contributed by atoms with van der Waals surface area (Å²) in [7, 11) is 1.59. The van der Waals surface area contributed by atoms with E-state index in [0.29, 0.717) is 19.5 Å². The number of carbonyl (C=O) groups excluding carboxylic acids is 2. The van der Waals surface area contributed by atoms with Gasteiger partial charge in [-0.3, -0.25) is 9.59 Å². The van der Waals surface area contributed by atoms with E-state index in [4.69, 9.17) is 0 Å². The van der Waals surface area contributed by atoms with Crippen LogP contribution in [0.1, 0.15) is 13.3 Å². The van der Waals surface area contributed by atoms with Crippen LogP contribution in [-0.2, 0) is 9.59 Å². The third-order valence-electron chi connectivity index (χ3n) is 2.43. The Bertz CT molecular complexity index is 242. The number of amides is 2. The zero-order valence-corrected chi connectivity index (χ0v) is 8.56.